The van der Waals surface area contributed by atoms with E-state index in [-0.39, 0.29) is 0 Å². The molecule has 0 saturated carbocycles. The van der Waals surface area contributed by atoms with Gasteiger partial charge in [-0.2, -0.15) is 4.98 Å². The van der Waals surface area contributed by atoms with Crippen molar-refractivity contribution < 1.29 is 4.52 Å². The van der Waals surface area contributed by atoms with E-state index in [1.165, 1.54) is 5.56 Å². The molecule has 0 N–H and O–H groups in total. The van der Waals surface area contributed by atoms with Crippen molar-refractivity contribution in [3.8, 4) is 11.4 Å². The van der Waals surface area contributed by atoms with E-state index in [1.54, 1.807) is 0 Å². The highest BCUT2D eigenvalue weighted by Gasteiger charge is 2.19. The molecule has 0 radical (unpaired) electrons. The molecule has 1 aliphatic heterocycles. The van der Waals surface area contributed by atoms with Gasteiger partial charge >= 0.3 is 0 Å². The Bertz CT molecular complexity index is 844. The topological polar surface area (TPSA) is 45.4 Å². The van der Waals surface area contributed by atoms with Crippen LogP contribution in [0.2, 0.25) is 5.02 Å². The van der Waals surface area contributed by atoms with Gasteiger partial charge in [-0.15, -0.1) is 0 Å². The average molecular weight is 369 g/mol. The zero-order chi connectivity index (χ0) is 17.8. The summed E-state index contributed by atoms with van der Waals surface area (Å²) < 4.78 is 5.42. The van der Waals surface area contributed by atoms with E-state index < -0.39 is 0 Å². The quantitative estimate of drug-likeness (QED) is 0.687. The molecule has 26 heavy (non-hydrogen) atoms. The summed E-state index contributed by atoms with van der Waals surface area (Å²) in [7, 11) is 0. The lowest BCUT2D eigenvalue weighted by molar-refractivity contribution is 0.112. The summed E-state index contributed by atoms with van der Waals surface area (Å²) in [5, 5.41) is 4.75. The highest BCUT2D eigenvalue weighted by Crippen LogP contribution is 2.20. The molecular weight excluding hydrogens is 348 g/mol. The van der Waals surface area contributed by atoms with E-state index in [0.29, 0.717) is 23.3 Å². The number of piperazine rings is 1. The van der Waals surface area contributed by atoms with Crippen molar-refractivity contribution >= 4 is 11.6 Å². The van der Waals surface area contributed by atoms with E-state index in [0.717, 1.165) is 38.3 Å². The first kappa shape index (κ1) is 17.2. The van der Waals surface area contributed by atoms with E-state index >= 15 is 0 Å². The molecule has 0 bridgehead atoms. The fourth-order valence-electron chi connectivity index (χ4n) is 3.20. The normalized spacial score (nSPS) is 16.0. The third-order valence-electron chi connectivity index (χ3n) is 4.62. The average Bonchev–Trinajstić information content (AvgIpc) is 3.13. The Morgan fingerprint density at radius 1 is 0.885 bits per heavy atom. The van der Waals surface area contributed by atoms with Gasteiger partial charge in [-0.3, -0.25) is 9.80 Å². The number of benzene rings is 2. The molecule has 6 heteroatoms. The number of aromatic nitrogens is 2. The number of rotatable bonds is 5. The van der Waals surface area contributed by atoms with Crippen LogP contribution in [-0.2, 0) is 13.1 Å². The molecule has 134 valence electrons. The number of hydrogen-bond acceptors (Lipinski definition) is 5. The van der Waals surface area contributed by atoms with Crippen LogP contribution in [0.5, 0.6) is 0 Å². The first-order chi connectivity index (χ1) is 12.8. The largest absolute Gasteiger partial charge is 0.338 e. The second-order valence-corrected chi connectivity index (χ2v) is 7.00. The fraction of sp³-hybridized carbons (Fsp3) is 0.300. The zero-order valence-corrected chi connectivity index (χ0v) is 15.3. The molecule has 2 heterocycles. The first-order valence-electron chi connectivity index (χ1n) is 8.83. The third-order valence-corrected chi connectivity index (χ3v) is 4.86. The Labute approximate surface area is 158 Å². The third kappa shape index (κ3) is 4.30. The lowest BCUT2D eigenvalue weighted by atomic mass is 10.2. The van der Waals surface area contributed by atoms with Gasteiger partial charge in [0.05, 0.1) is 6.54 Å². The van der Waals surface area contributed by atoms with Crippen LogP contribution in [0.3, 0.4) is 0 Å². The van der Waals surface area contributed by atoms with Crippen LogP contribution in [-0.4, -0.2) is 46.1 Å². The van der Waals surface area contributed by atoms with Gasteiger partial charge in [0.1, 0.15) is 0 Å². The molecule has 5 nitrogen and oxygen atoms in total. The van der Waals surface area contributed by atoms with Gasteiger partial charge in [-0.25, -0.2) is 0 Å². The molecule has 0 amide bonds. The summed E-state index contributed by atoms with van der Waals surface area (Å²) in [5.74, 6) is 1.24. The van der Waals surface area contributed by atoms with Crippen molar-refractivity contribution in [2.45, 2.75) is 13.1 Å². The smallest absolute Gasteiger partial charge is 0.241 e. The summed E-state index contributed by atoms with van der Waals surface area (Å²) in [4.78, 5) is 9.35. The minimum atomic E-state index is 0.588. The molecule has 0 atom stereocenters. The lowest BCUT2D eigenvalue weighted by Gasteiger charge is -2.33. The van der Waals surface area contributed by atoms with Gasteiger partial charge in [0.25, 0.3) is 0 Å². The van der Waals surface area contributed by atoms with Gasteiger partial charge in [0.2, 0.25) is 11.7 Å². The highest BCUT2D eigenvalue weighted by atomic mass is 35.5. The summed E-state index contributed by atoms with van der Waals surface area (Å²) >= 11 is 6.03. The van der Waals surface area contributed by atoms with Crippen LogP contribution in [0.15, 0.2) is 59.1 Å². The monoisotopic (exact) mass is 368 g/mol. The molecule has 2 aromatic carbocycles. The molecule has 0 spiro atoms. The summed E-state index contributed by atoms with van der Waals surface area (Å²) in [6.07, 6.45) is 0. The second-order valence-electron chi connectivity index (χ2n) is 6.56. The molecule has 1 saturated heterocycles. The maximum atomic E-state index is 6.03. The van der Waals surface area contributed by atoms with Crippen LogP contribution in [0, 0.1) is 0 Å². The maximum absolute atomic E-state index is 6.03. The molecular formula is C20H21ClN4O. The predicted molar refractivity (Wildman–Crippen MR) is 102 cm³/mol. The van der Waals surface area contributed by atoms with Gasteiger partial charge in [-0.05, 0) is 17.7 Å². The lowest BCUT2D eigenvalue weighted by Crippen LogP contribution is -2.45. The Morgan fingerprint density at radius 2 is 1.62 bits per heavy atom. The fourth-order valence-corrected chi connectivity index (χ4v) is 3.39. The molecule has 4 rings (SSSR count). The standard InChI is InChI=1S/C20H21ClN4O/c21-18-8-4-7-17(13-18)20-22-19(26-23-20)15-25-11-9-24(10-12-25)14-16-5-2-1-3-6-16/h1-8,13H,9-12,14-15H2. The van der Waals surface area contributed by atoms with Crippen molar-refractivity contribution in [3.05, 3.63) is 71.1 Å². The van der Waals surface area contributed by atoms with Crippen molar-refractivity contribution in [2.75, 3.05) is 26.2 Å². The van der Waals surface area contributed by atoms with E-state index in [1.807, 2.05) is 24.3 Å². The molecule has 1 fully saturated rings. The van der Waals surface area contributed by atoms with Gasteiger partial charge < -0.3 is 4.52 Å². The van der Waals surface area contributed by atoms with E-state index in [2.05, 4.69) is 50.3 Å². The Kier molecular flexibility index (Phi) is 5.29. The van der Waals surface area contributed by atoms with Crippen LogP contribution in [0.1, 0.15) is 11.5 Å². The first-order valence-corrected chi connectivity index (χ1v) is 9.21. The van der Waals surface area contributed by atoms with Crippen LogP contribution in [0.4, 0.5) is 0 Å². The number of nitrogens with zero attached hydrogens (tertiary/aromatic N) is 4. The molecule has 1 aliphatic rings. The predicted octanol–water partition coefficient (Wildman–Crippen LogP) is 3.71. The van der Waals surface area contributed by atoms with Crippen LogP contribution >= 0.6 is 11.6 Å². The SMILES string of the molecule is Clc1cccc(-c2noc(CN3CCN(Cc4ccccc4)CC3)n2)c1. The molecule has 0 aliphatic carbocycles. The molecule has 1 aromatic heterocycles. The van der Waals surface area contributed by atoms with Crippen molar-refractivity contribution in [3.63, 3.8) is 0 Å². The van der Waals surface area contributed by atoms with E-state index in [9.17, 15) is 0 Å². The second kappa shape index (κ2) is 7.99. The zero-order valence-electron chi connectivity index (χ0n) is 14.5. The van der Waals surface area contributed by atoms with Gasteiger partial charge in [0, 0.05) is 43.3 Å². The Hall–Kier alpha value is -2.21. The van der Waals surface area contributed by atoms with Crippen molar-refractivity contribution in [2.24, 2.45) is 0 Å². The highest BCUT2D eigenvalue weighted by molar-refractivity contribution is 6.30. The van der Waals surface area contributed by atoms with Crippen LogP contribution in [0.25, 0.3) is 11.4 Å². The molecule has 0 unspecified atom stereocenters. The summed E-state index contributed by atoms with van der Waals surface area (Å²) in [6.45, 7) is 5.79. The summed E-state index contributed by atoms with van der Waals surface area (Å²) in [5.41, 5.74) is 2.24. The van der Waals surface area contributed by atoms with Gasteiger partial charge in [0.15, 0.2) is 0 Å². The Morgan fingerprint density at radius 3 is 2.35 bits per heavy atom. The van der Waals surface area contributed by atoms with Crippen molar-refractivity contribution in [1.82, 2.24) is 19.9 Å². The van der Waals surface area contributed by atoms with Crippen molar-refractivity contribution in [1.29, 1.82) is 0 Å². The minimum Gasteiger partial charge on any atom is -0.338 e. The van der Waals surface area contributed by atoms with Crippen LogP contribution < -0.4 is 0 Å². The summed E-state index contributed by atoms with van der Waals surface area (Å²) in [6, 6.07) is 18.1. The van der Waals surface area contributed by atoms with E-state index in [4.69, 9.17) is 16.1 Å². The van der Waals surface area contributed by atoms with Gasteiger partial charge in [-0.1, -0.05) is 59.2 Å². The minimum absolute atomic E-state index is 0.588. The number of halogens is 1. The number of hydrogen-bond donors (Lipinski definition) is 0. The molecule has 3 aromatic rings. The maximum Gasteiger partial charge on any atom is 0.241 e. The Balaban J connectivity index is 1.31.